The smallest absolute Gasteiger partial charge is 0.462 e. The number of hydrogen-bond donors (Lipinski definition) is 3. The molecule has 666 valence electrons. The van der Waals surface area contributed by atoms with E-state index in [0.717, 1.165) is 108 Å². The van der Waals surface area contributed by atoms with Crippen LogP contribution in [0.15, 0.2) is 0 Å². The van der Waals surface area contributed by atoms with Crippen LogP contribution in [0.25, 0.3) is 0 Å². The fourth-order valence-electron chi connectivity index (χ4n) is 14.6. The molecule has 0 saturated carbocycles. The molecule has 0 amide bonds. The monoisotopic (exact) mass is 1630 g/mol. The molecule has 0 saturated heterocycles. The highest BCUT2D eigenvalue weighted by Gasteiger charge is 2.31. The minimum Gasteiger partial charge on any atom is -0.462 e. The molecule has 0 radical (unpaired) electrons. The molecule has 0 aromatic carbocycles. The van der Waals surface area contributed by atoms with Gasteiger partial charge in [0.25, 0.3) is 0 Å². The van der Waals surface area contributed by atoms with Gasteiger partial charge in [-0.05, 0) is 43.4 Å². The molecule has 0 aliphatic carbocycles. The normalized spacial score (nSPS) is 14.0. The number of phosphoric ester groups is 2. The summed E-state index contributed by atoms with van der Waals surface area (Å²) in [7, 11) is -9.94. The van der Waals surface area contributed by atoms with Gasteiger partial charge in [0.05, 0.1) is 26.4 Å². The van der Waals surface area contributed by atoms with Crippen LogP contribution in [0.3, 0.4) is 0 Å². The summed E-state index contributed by atoms with van der Waals surface area (Å²) in [4.78, 5) is 73.4. The summed E-state index contributed by atoms with van der Waals surface area (Å²) in [6.07, 6.45) is 76.6. The number of esters is 4. The molecule has 112 heavy (non-hydrogen) atoms. The number of unbranched alkanes of at least 4 members (excludes halogenated alkanes) is 58. The summed E-state index contributed by atoms with van der Waals surface area (Å²) in [6, 6.07) is 0. The molecular formula is C93H182O17P2. The van der Waals surface area contributed by atoms with Crippen LogP contribution in [-0.2, 0) is 65.4 Å². The van der Waals surface area contributed by atoms with Gasteiger partial charge >= 0.3 is 39.5 Å². The van der Waals surface area contributed by atoms with Crippen molar-refractivity contribution < 1.29 is 80.2 Å². The van der Waals surface area contributed by atoms with Crippen molar-refractivity contribution in [1.82, 2.24) is 0 Å². The van der Waals surface area contributed by atoms with Crippen LogP contribution in [0.4, 0.5) is 0 Å². The Bertz CT molecular complexity index is 2150. The van der Waals surface area contributed by atoms with Gasteiger partial charge in [0.2, 0.25) is 0 Å². The van der Waals surface area contributed by atoms with Crippen LogP contribution < -0.4 is 0 Å². The topological polar surface area (TPSA) is 237 Å². The lowest BCUT2D eigenvalue weighted by Crippen LogP contribution is -2.30. The van der Waals surface area contributed by atoms with Crippen molar-refractivity contribution >= 4 is 39.5 Å². The predicted octanol–water partition coefficient (Wildman–Crippen LogP) is 28.8. The molecule has 0 rings (SSSR count). The van der Waals surface area contributed by atoms with Gasteiger partial charge in [-0.25, -0.2) is 9.13 Å². The first-order chi connectivity index (χ1) is 54.3. The number of rotatable bonds is 91. The standard InChI is InChI=1S/C93H182O17P2/c1-8-10-11-12-13-14-15-16-17-18-19-27-32-37-42-47-54-62-70-77-93(98)110-89(81-104-91(96)75-68-61-56-49-51-58-65-72-85(5)6)83-108-112(101,102)106-79-87(94)78-105-111(99,100)107-82-88(80-103-90(95)74-67-60-53-46-41-36-31-26-22-20-24-29-34-39-44-50-57-64-71-84(3)4)109-92(97)76-69-63-55-48-43-38-33-28-23-21-25-30-35-40-45-52-59-66-73-86(7)9-2/h84-89,94H,8-83H2,1-7H3,(H,99,100)(H,101,102)/t86?,87-,88-,89-/m1/s1. The lowest BCUT2D eigenvalue weighted by Gasteiger charge is -2.21. The molecule has 6 atom stereocenters. The second-order valence-corrected chi connectivity index (χ2v) is 37.5. The zero-order valence-corrected chi connectivity index (χ0v) is 75.9. The summed E-state index contributed by atoms with van der Waals surface area (Å²) >= 11 is 0. The van der Waals surface area contributed by atoms with Crippen molar-refractivity contribution in [2.45, 2.75) is 516 Å². The Labute approximate surface area is 689 Å². The Hall–Kier alpha value is -1.94. The molecular weight excluding hydrogens is 1450 g/mol. The highest BCUT2D eigenvalue weighted by Crippen LogP contribution is 2.45. The van der Waals surface area contributed by atoms with Gasteiger partial charge < -0.3 is 33.8 Å². The Balaban J connectivity index is 5.21. The van der Waals surface area contributed by atoms with E-state index in [-0.39, 0.29) is 25.7 Å². The van der Waals surface area contributed by atoms with E-state index in [1.807, 2.05) is 0 Å². The summed E-state index contributed by atoms with van der Waals surface area (Å²) in [5, 5.41) is 10.7. The van der Waals surface area contributed by atoms with Crippen LogP contribution in [0, 0.1) is 17.8 Å². The zero-order chi connectivity index (χ0) is 82.2. The van der Waals surface area contributed by atoms with Crippen molar-refractivity contribution in [2.24, 2.45) is 17.8 Å². The van der Waals surface area contributed by atoms with Gasteiger partial charge in [0.1, 0.15) is 19.3 Å². The van der Waals surface area contributed by atoms with Gasteiger partial charge in [0, 0.05) is 25.7 Å². The van der Waals surface area contributed by atoms with E-state index in [4.69, 9.17) is 37.0 Å². The van der Waals surface area contributed by atoms with E-state index in [1.165, 1.54) is 302 Å². The first-order valence-corrected chi connectivity index (χ1v) is 50.9. The number of aliphatic hydroxyl groups excluding tert-OH is 1. The minimum absolute atomic E-state index is 0.108. The van der Waals surface area contributed by atoms with E-state index in [0.29, 0.717) is 31.6 Å². The molecule has 0 heterocycles. The largest absolute Gasteiger partial charge is 0.472 e. The molecule has 0 aromatic rings. The number of carbonyl (C=O) groups excluding carboxylic acids is 4. The molecule has 19 heteroatoms. The second-order valence-electron chi connectivity index (χ2n) is 34.6. The molecule has 3 N–H and O–H groups in total. The zero-order valence-electron chi connectivity index (χ0n) is 74.2. The van der Waals surface area contributed by atoms with Crippen molar-refractivity contribution in [3.05, 3.63) is 0 Å². The van der Waals surface area contributed by atoms with E-state index >= 15 is 0 Å². The van der Waals surface area contributed by atoms with Gasteiger partial charge in [-0.2, -0.15) is 0 Å². The maximum atomic E-state index is 13.2. The van der Waals surface area contributed by atoms with Crippen LogP contribution in [0.2, 0.25) is 0 Å². The van der Waals surface area contributed by atoms with Gasteiger partial charge in [-0.3, -0.25) is 37.3 Å². The molecule has 0 bridgehead atoms. The Morgan fingerprint density at radius 3 is 0.679 bits per heavy atom. The molecule has 0 aliphatic heterocycles. The highest BCUT2D eigenvalue weighted by molar-refractivity contribution is 7.47. The number of ether oxygens (including phenoxy) is 4. The second kappa shape index (κ2) is 82.7. The maximum absolute atomic E-state index is 13.2. The van der Waals surface area contributed by atoms with Gasteiger partial charge in [-0.1, -0.05) is 447 Å². The number of aliphatic hydroxyl groups is 1. The van der Waals surface area contributed by atoms with Crippen molar-refractivity contribution in [3.8, 4) is 0 Å². The van der Waals surface area contributed by atoms with Crippen molar-refractivity contribution in [2.75, 3.05) is 39.6 Å². The SMILES string of the molecule is CCCCCCCCCCCCCCCCCCCCCC(=O)O[C@H](COC(=O)CCCCCCCCCC(C)C)COP(=O)(O)OC[C@H](O)COP(=O)(O)OC[C@@H](COC(=O)CCCCCCCCCCCCCCCCCCCCC(C)C)OC(=O)CCCCCCCCCCCCCCCCCCCCC(C)CC. The molecule has 3 unspecified atom stereocenters. The summed E-state index contributed by atoms with van der Waals surface area (Å²) in [6.45, 7) is 12.1. The Morgan fingerprint density at radius 2 is 0.455 bits per heavy atom. The Kier molecular flexibility index (Phi) is 81.3. The predicted molar refractivity (Wildman–Crippen MR) is 465 cm³/mol. The average molecular weight is 1630 g/mol. The third-order valence-corrected chi connectivity index (χ3v) is 24.1. The number of carbonyl (C=O) groups is 4. The highest BCUT2D eigenvalue weighted by atomic mass is 31.2. The van der Waals surface area contributed by atoms with Gasteiger partial charge in [0.15, 0.2) is 12.2 Å². The lowest BCUT2D eigenvalue weighted by atomic mass is 9.99. The molecule has 0 aromatic heterocycles. The quantitative estimate of drug-likeness (QED) is 0.0222. The lowest BCUT2D eigenvalue weighted by molar-refractivity contribution is -0.161. The van der Waals surface area contributed by atoms with Gasteiger partial charge in [-0.15, -0.1) is 0 Å². The molecule has 0 aliphatic rings. The van der Waals surface area contributed by atoms with E-state index in [1.54, 1.807) is 0 Å². The van der Waals surface area contributed by atoms with Crippen LogP contribution in [0.5, 0.6) is 0 Å². The Morgan fingerprint density at radius 1 is 0.259 bits per heavy atom. The average Bonchev–Trinajstić information content (AvgIpc) is 0.897. The minimum atomic E-state index is -4.97. The molecule has 17 nitrogen and oxygen atoms in total. The summed E-state index contributed by atoms with van der Waals surface area (Å²) < 4.78 is 69.1. The van der Waals surface area contributed by atoms with E-state index in [9.17, 15) is 43.2 Å². The van der Waals surface area contributed by atoms with Crippen LogP contribution in [-0.4, -0.2) is 96.7 Å². The summed E-state index contributed by atoms with van der Waals surface area (Å²) in [5.41, 5.74) is 0. The fourth-order valence-corrected chi connectivity index (χ4v) is 16.2. The molecule has 0 fully saturated rings. The van der Waals surface area contributed by atoms with Crippen LogP contribution in [0.1, 0.15) is 498 Å². The number of hydrogen-bond acceptors (Lipinski definition) is 15. The third kappa shape index (κ3) is 84.5. The molecule has 0 spiro atoms. The first kappa shape index (κ1) is 110. The van der Waals surface area contributed by atoms with Crippen molar-refractivity contribution in [1.29, 1.82) is 0 Å². The fraction of sp³-hybridized carbons (Fsp3) is 0.957. The number of phosphoric acid groups is 2. The first-order valence-electron chi connectivity index (χ1n) is 47.9. The maximum Gasteiger partial charge on any atom is 0.472 e. The van der Waals surface area contributed by atoms with E-state index < -0.39 is 97.5 Å². The van der Waals surface area contributed by atoms with Crippen molar-refractivity contribution in [3.63, 3.8) is 0 Å². The third-order valence-electron chi connectivity index (χ3n) is 22.2. The van der Waals surface area contributed by atoms with Crippen LogP contribution >= 0.6 is 15.6 Å². The van der Waals surface area contributed by atoms with E-state index in [2.05, 4.69) is 48.5 Å². The summed E-state index contributed by atoms with van der Waals surface area (Å²) in [5.74, 6) is 0.301.